The second kappa shape index (κ2) is 9.60. The zero-order chi connectivity index (χ0) is 19.9. The van der Waals surface area contributed by atoms with Crippen molar-refractivity contribution < 1.29 is 14.3 Å². The number of carbonyl (C=O) groups is 1. The SMILES string of the molecule is COc1cc(OC)cc(C(=O)NCc2ccc(CN3CCC(C)CC3)cc2)c1. The number of hydrogen-bond acceptors (Lipinski definition) is 4. The van der Waals surface area contributed by atoms with Gasteiger partial charge in [0.15, 0.2) is 0 Å². The lowest BCUT2D eigenvalue weighted by Crippen LogP contribution is -2.32. The predicted octanol–water partition coefficient (Wildman–Crippen LogP) is 3.87. The van der Waals surface area contributed by atoms with Crippen LogP contribution in [0.25, 0.3) is 0 Å². The molecular formula is C23H30N2O3. The van der Waals surface area contributed by atoms with Crippen LogP contribution in [-0.4, -0.2) is 38.1 Å². The van der Waals surface area contributed by atoms with Gasteiger partial charge in [-0.2, -0.15) is 0 Å². The highest BCUT2D eigenvalue weighted by atomic mass is 16.5. The van der Waals surface area contributed by atoms with E-state index in [4.69, 9.17) is 9.47 Å². The molecule has 0 radical (unpaired) electrons. The van der Waals surface area contributed by atoms with Crippen molar-refractivity contribution in [2.75, 3.05) is 27.3 Å². The van der Waals surface area contributed by atoms with Crippen molar-refractivity contribution in [1.82, 2.24) is 10.2 Å². The summed E-state index contributed by atoms with van der Waals surface area (Å²) in [5.74, 6) is 1.90. The molecule has 0 spiro atoms. The van der Waals surface area contributed by atoms with Crippen molar-refractivity contribution in [2.24, 2.45) is 5.92 Å². The van der Waals surface area contributed by atoms with Crippen molar-refractivity contribution in [2.45, 2.75) is 32.9 Å². The number of hydrogen-bond donors (Lipinski definition) is 1. The van der Waals surface area contributed by atoms with Crippen LogP contribution in [0.2, 0.25) is 0 Å². The maximum atomic E-state index is 12.5. The number of rotatable bonds is 7. The fraction of sp³-hybridized carbons (Fsp3) is 0.435. The van der Waals surface area contributed by atoms with Crippen LogP contribution in [0.5, 0.6) is 11.5 Å². The van der Waals surface area contributed by atoms with Gasteiger partial charge in [-0.1, -0.05) is 31.2 Å². The minimum absolute atomic E-state index is 0.149. The second-order valence-electron chi connectivity index (χ2n) is 7.56. The zero-order valence-electron chi connectivity index (χ0n) is 17.0. The van der Waals surface area contributed by atoms with E-state index in [1.165, 1.54) is 31.5 Å². The maximum absolute atomic E-state index is 12.5. The summed E-state index contributed by atoms with van der Waals surface area (Å²) in [7, 11) is 3.14. The van der Waals surface area contributed by atoms with Crippen LogP contribution in [-0.2, 0) is 13.1 Å². The molecule has 1 aliphatic heterocycles. The highest BCUT2D eigenvalue weighted by Crippen LogP contribution is 2.22. The van der Waals surface area contributed by atoms with Crippen molar-refractivity contribution in [3.05, 3.63) is 59.2 Å². The smallest absolute Gasteiger partial charge is 0.251 e. The summed E-state index contributed by atoms with van der Waals surface area (Å²) < 4.78 is 10.5. The van der Waals surface area contributed by atoms with Crippen molar-refractivity contribution in [1.29, 1.82) is 0 Å². The Labute approximate surface area is 167 Å². The molecule has 2 aromatic carbocycles. The quantitative estimate of drug-likeness (QED) is 0.790. The Morgan fingerprint density at radius 1 is 1.00 bits per heavy atom. The number of carbonyl (C=O) groups excluding carboxylic acids is 1. The Morgan fingerprint density at radius 2 is 1.57 bits per heavy atom. The normalized spacial score (nSPS) is 15.2. The average Bonchev–Trinajstić information content (AvgIpc) is 2.74. The molecule has 3 rings (SSSR count). The molecule has 0 atom stereocenters. The molecule has 0 aliphatic carbocycles. The van der Waals surface area contributed by atoms with Crippen molar-refractivity contribution in [3.8, 4) is 11.5 Å². The summed E-state index contributed by atoms with van der Waals surface area (Å²) in [6.45, 7) is 6.19. The van der Waals surface area contributed by atoms with Gasteiger partial charge in [-0.25, -0.2) is 0 Å². The van der Waals surface area contributed by atoms with E-state index < -0.39 is 0 Å². The molecule has 1 heterocycles. The third kappa shape index (κ3) is 5.49. The summed E-state index contributed by atoms with van der Waals surface area (Å²) in [6, 6.07) is 13.7. The van der Waals surface area contributed by atoms with Crippen LogP contribution in [0.1, 0.15) is 41.3 Å². The monoisotopic (exact) mass is 382 g/mol. The first kappa shape index (κ1) is 20.2. The molecule has 28 heavy (non-hydrogen) atoms. The van der Waals surface area contributed by atoms with Crippen LogP contribution >= 0.6 is 0 Å². The number of methoxy groups -OCH3 is 2. The van der Waals surface area contributed by atoms with Crippen LogP contribution in [0.15, 0.2) is 42.5 Å². The lowest BCUT2D eigenvalue weighted by Gasteiger charge is -2.30. The van der Waals surface area contributed by atoms with E-state index >= 15 is 0 Å². The fourth-order valence-electron chi connectivity index (χ4n) is 3.46. The van der Waals surface area contributed by atoms with Crippen LogP contribution < -0.4 is 14.8 Å². The third-order valence-electron chi connectivity index (χ3n) is 5.37. The molecule has 5 nitrogen and oxygen atoms in total. The third-order valence-corrected chi connectivity index (χ3v) is 5.37. The van der Waals surface area contributed by atoms with E-state index in [2.05, 4.69) is 41.4 Å². The summed E-state index contributed by atoms with van der Waals surface area (Å²) in [5, 5.41) is 2.96. The summed E-state index contributed by atoms with van der Waals surface area (Å²) >= 11 is 0. The molecule has 2 aromatic rings. The van der Waals surface area contributed by atoms with Gasteiger partial charge in [0, 0.05) is 24.7 Å². The molecule has 1 fully saturated rings. The standard InChI is InChI=1S/C23H30N2O3/c1-17-8-10-25(11-9-17)16-19-6-4-18(5-7-19)15-24-23(26)20-12-21(27-2)14-22(13-20)28-3/h4-7,12-14,17H,8-11,15-16H2,1-3H3,(H,24,26). The molecule has 5 heteroatoms. The molecule has 0 saturated carbocycles. The largest absolute Gasteiger partial charge is 0.497 e. The Bertz CT molecular complexity index is 759. The van der Waals surface area contributed by atoms with Crippen molar-refractivity contribution in [3.63, 3.8) is 0 Å². The number of likely N-dealkylation sites (tertiary alicyclic amines) is 1. The Kier molecular flexibility index (Phi) is 6.93. The molecule has 0 aromatic heterocycles. The zero-order valence-corrected chi connectivity index (χ0v) is 17.0. The van der Waals surface area contributed by atoms with E-state index in [9.17, 15) is 4.79 Å². The van der Waals surface area contributed by atoms with E-state index in [-0.39, 0.29) is 5.91 Å². The Morgan fingerprint density at radius 3 is 2.14 bits per heavy atom. The van der Waals surface area contributed by atoms with Gasteiger partial charge in [0.1, 0.15) is 11.5 Å². The molecule has 150 valence electrons. The molecular weight excluding hydrogens is 352 g/mol. The van der Waals surface area contributed by atoms with Gasteiger partial charge < -0.3 is 14.8 Å². The number of benzene rings is 2. The van der Waals surface area contributed by atoms with Crippen molar-refractivity contribution >= 4 is 5.91 Å². The summed E-state index contributed by atoms with van der Waals surface area (Å²) in [6.07, 6.45) is 2.58. The maximum Gasteiger partial charge on any atom is 0.251 e. The molecule has 0 unspecified atom stereocenters. The number of piperidine rings is 1. The van der Waals surface area contributed by atoms with E-state index in [0.29, 0.717) is 23.6 Å². The predicted molar refractivity (Wildman–Crippen MR) is 111 cm³/mol. The summed E-state index contributed by atoms with van der Waals surface area (Å²) in [4.78, 5) is 15.0. The molecule has 1 aliphatic rings. The van der Waals surface area contributed by atoms with Gasteiger partial charge >= 0.3 is 0 Å². The highest BCUT2D eigenvalue weighted by Gasteiger charge is 2.15. The second-order valence-corrected chi connectivity index (χ2v) is 7.56. The van der Waals surface area contributed by atoms with Gasteiger partial charge in [0.25, 0.3) is 5.91 Å². The van der Waals surface area contributed by atoms with Crippen LogP contribution in [0, 0.1) is 5.92 Å². The number of ether oxygens (including phenoxy) is 2. The average molecular weight is 383 g/mol. The van der Waals surface area contributed by atoms with Gasteiger partial charge in [-0.15, -0.1) is 0 Å². The van der Waals surface area contributed by atoms with E-state index in [1.807, 2.05) is 0 Å². The topological polar surface area (TPSA) is 50.8 Å². The molecule has 1 amide bonds. The molecule has 1 N–H and O–H groups in total. The molecule has 0 bridgehead atoms. The lowest BCUT2D eigenvalue weighted by molar-refractivity contribution is 0.0950. The van der Waals surface area contributed by atoms with E-state index in [0.717, 1.165) is 18.0 Å². The van der Waals surface area contributed by atoms with Crippen LogP contribution in [0.3, 0.4) is 0 Å². The Hall–Kier alpha value is -2.53. The number of nitrogens with one attached hydrogen (secondary N) is 1. The van der Waals surface area contributed by atoms with Gasteiger partial charge in [-0.3, -0.25) is 9.69 Å². The fourth-order valence-corrected chi connectivity index (χ4v) is 3.46. The Balaban J connectivity index is 1.54. The number of amides is 1. The molecule has 1 saturated heterocycles. The van der Waals surface area contributed by atoms with Gasteiger partial charge in [-0.05, 0) is 55.1 Å². The van der Waals surface area contributed by atoms with Gasteiger partial charge in [0.05, 0.1) is 14.2 Å². The first-order valence-corrected chi connectivity index (χ1v) is 9.89. The first-order chi connectivity index (χ1) is 13.6. The number of nitrogens with zero attached hydrogens (tertiary/aromatic N) is 1. The van der Waals surface area contributed by atoms with Crippen LogP contribution in [0.4, 0.5) is 0 Å². The summed E-state index contributed by atoms with van der Waals surface area (Å²) in [5.41, 5.74) is 2.92. The first-order valence-electron chi connectivity index (χ1n) is 9.89. The van der Waals surface area contributed by atoms with Gasteiger partial charge in [0.2, 0.25) is 0 Å². The minimum atomic E-state index is -0.149. The van der Waals surface area contributed by atoms with E-state index in [1.54, 1.807) is 32.4 Å². The minimum Gasteiger partial charge on any atom is -0.497 e. The highest BCUT2D eigenvalue weighted by molar-refractivity contribution is 5.95. The lowest BCUT2D eigenvalue weighted by atomic mass is 9.99.